The molecule has 0 bridgehead atoms. The molecule has 4 aromatic rings. The minimum absolute atomic E-state index is 0.0499. The van der Waals surface area contributed by atoms with Crippen LogP contribution in [0, 0.1) is 0 Å². The maximum atomic E-state index is 12.5. The summed E-state index contributed by atoms with van der Waals surface area (Å²) in [6.07, 6.45) is 1.56. The summed E-state index contributed by atoms with van der Waals surface area (Å²) in [6.45, 7) is 8.31. The van der Waals surface area contributed by atoms with E-state index in [2.05, 4.69) is 65.8 Å². The average molecular weight is 504 g/mol. The Morgan fingerprint density at radius 2 is 1.81 bits per heavy atom. The maximum absolute atomic E-state index is 12.5. The number of hydrogen-bond donors (Lipinski definition) is 1. The van der Waals surface area contributed by atoms with Gasteiger partial charge in [-0.3, -0.25) is 9.36 Å². The number of nitrogens with one attached hydrogen (secondary N) is 1. The summed E-state index contributed by atoms with van der Waals surface area (Å²) in [7, 11) is 1.63. The van der Waals surface area contributed by atoms with Crippen LogP contribution in [0.15, 0.2) is 81.6 Å². The molecule has 0 radical (unpaired) electrons. The van der Waals surface area contributed by atoms with Crippen molar-refractivity contribution in [2.75, 3.05) is 12.9 Å². The van der Waals surface area contributed by atoms with Crippen LogP contribution < -0.4 is 10.2 Å². The molecule has 2 aromatic heterocycles. The first kappa shape index (κ1) is 25.2. The number of benzene rings is 2. The van der Waals surface area contributed by atoms with Crippen LogP contribution in [0.3, 0.4) is 0 Å². The van der Waals surface area contributed by atoms with Crippen molar-refractivity contribution in [2.24, 2.45) is 5.10 Å². The normalized spacial score (nSPS) is 12.0. The van der Waals surface area contributed by atoms with Crippen molar-refractivity contribution in [1.29, 1.82) is 0 Å². The number of carbonyl (C=O) groups excluding carboxylic acids is 1. The summed E-state index contributed by atoms with van der Waals surface area (Å²) in [5, 5.41) is 13.6. The van der Waals surface area contributed by atoms with Crippen molar-refractivity contribution in [2.45, 2.75) is 38.3 Å². The lowest BCUT2D eigenvalue weighted by molar-refractivity contribution is -0.118. The number of ether oxygens (including phenoxy) is 1. The van der Waals surface area contributed by atoms with Crippen LogP contribution in [-0.4, -0.2) is 39.2 Å². The zero-order valence-electron chi connectivity index (χ0n) is 21.0. The van der Waals surface area contributed by atoms with Crippen molar-refractivity contribution in [3.8, 4) is 22.8 Å². The molecule has 9 heteroatoms. The molecule has 0 spiro atoms. The minimum atomic E-state index is -0.258. The van der Waals surface area contributed by atoms with E-state index < -0.39 is 0 Å². The number of amides is 1. The largest absolute Gasteiger partial charge is 0.497 e. The van der Waals surface area contributed by atoms with Crippen LogP contribution in [0.2, 0.25) is 0 Å². The van der Waals surface area contributed by atoms with Gasteiger partial charge in [-0.1, -0.05) is 56.8 Å². The van der Waals surface area contributed by atoms with E-state index in [1.54, 1.807) is 32.4 Å². The third kappa shape index (κ3) is 5.85. The molecule has 186 valence electrons. The van der Waals surface area contributed by atoms with Gasteiger partial charge in [0.15, 0.2) is 11.0 Å². The van der Waals surface area contributed by atoms with Crippen molar-refractivity contribution in [3.63, 3.8) is 0 Å². The van der Waals surface area contributed by atoms with E-state index in [9.17, 15) is 4.79 Å². The van der Waals surface area contributed by atoms with Gasteiger partial charge in [-0.15, -0.1) is 10.2 Å². The fraction of sp³-hybridized carbons (Fsp3) is 0.259. The molecule has 0 saturated heterocycles. The van der Waals surface area contributed by atoms with Crippen molar-refractivity contribution >= 4 is 23.4 Å². The van der Waals surface area contributed by atoms with Crippen LogP contribution in [0.5, 0.6) is 5.75 Å². The molecule has 0 aliphatic heterocycles. The number of thioether (sulfide) groups is 1. The highest BCUT2D eigenvalue weighted by molar-refractivity contribution is 7.99. The Hall–Kier alpha value is -3.85. The van der Waals surface area contributed by atoms with Gasteiger partial charge in [0, 0.05) is 11.3 Å². The summed E-state index contributed by atoms with van der Waals surface area (Å²) in [4.78, 5) is 12.5. The number of hydrogen-bond acceptors (Lipinski definition) is 7. The molecule has 0 saturated carbocycles. The van der Waals surface area contributed by atoms with Crippen molar-refractivity contribution in [1.82, 2.24) is 20.2 Å². The van der Waals surface area contributed by atoms with Gasteiger partial charge < -0.3 is 9.15 Å². The molecule has 0 aliphatic rings. The first-order valence-corrected chi connectivity index (χ1v) is 12.5. The van der Waals surface area contributed by atoms with E-state index in [0.29, 0.717) is 22.5 Å². The van der Waals surface area contributed by atoms with Crippen LogP contribution in [0.25, 0.3) is 17.1 Å². The monoisotopic (exact) mass is 503 g/mol. The molecular formula is C27H29N5O3S. The number of hydrazone groups is 1. The molecule has 8 nitrogen and oxygen atoms in total. The van der Waals surface area contributed by atoms with E-state index in [4.69, 9.17) is 9.15 Å². The second-order valence-corrected chi connectivity index (χ2v) is 10.1. The summed E-state index contributed by atoms with van der Waals surface area (Å²) < 4.78 is 12.5. The lowest BCUT2D eigenvalue weighted by atomic mass is 9.87. The first-order valence-electron chi connectivity index (χ1n) is 11.5. The minimum Gasteiger partial charge on any atom is -0.497 e. The molecule has 4 rings (SSSR count). The lowest BCUT2D eigenvalue weighted by Crippen LogP contribution is -2.21. The molecule has 2 aromatic carbocycles. The quantitative estimate of drug-likeness (QED) is 0.195. The number of carbonyl (C=O) groups is 1. The van der Waals surface area contributed by atoms with Gasteiger partial charge >= 0.3 is 0 Å². The summed E-state index contributed by atoms with van der Waals surface area (Å²) in [5.41, 5.74) is 6.23. The highest BCUT2D eigenvalue weighted by Gasteiger charge is 2.19. The molecule has 36 heavy (non-hydrogen) atoms. The number of methoxy groups -OCH3 is 1. The summed E-state index contributed by atoms with van der Waals surface area (Å²) >= 11 is 1.29. The van der Waals surface area contributed by atoms with Crippen molar-refractivity contribution < 1.29 is 13.9 Å². The number of aromatic nitrogens is 3. The van der Waals surface area contributed by atoms with Gasteiger partial charge in [-0.2, -0.15) is 5.10 Å². The van der Waals surface area contributed by atoms with Gasteiger partial charge in [0.25, 0.3) is 5.91 Å². The smallest absolute Gasteiger partial charge is 0.250 e. The Kier molecular flexibility index (Phi) is 7.59. The Labute approximate surface area is 214 Å². The van der Waals surface area contributed by atoms with Gasteiger partial charge in [0.1, 0.15) is 17.2 Å². The Bertz CT molecular complexity index is 1340. The maximum Gasteiger partial charge on any atom is 0.250 e. The van der Waals surface area contributed by atoms with Crippen molar-refractivity contribution in [3.05, 3.63) is 78.3 Å². The molecule has 0 fully saturated rings. The van der Waals surface area contributed by atoms with Gasteiger partial charge in [0.05, 0.1) is 19.1 Å². The SMILES string of the molecule is COc1ccc(-n2c(SCC(=O)N/N=C(/C)c3ccco3)nnc2-c2ccc(C(C)(C)C)cc2)cc1. The summed E-state index contributed by atoms with van der Waals surface area (Å²) in [5.74, 6) is 1.90. The van der Waals surface area contributed by atoms with E-state index in [1.165, 1.54) is 17.3 Å². The summed E-state index contributed by atoms with van der Waals surface area (Å²) in [6, 6.07) is 19.5. The van der Waals surface area contributed by atoms with Gasteiger partial charge in [0.2, 0.25) is 0 Å². The Morgan fingerprint density at radius 3 is 2.42 bits per heavy atom. The number of furan rings is 1. The Morgan fingerprint density at radius 1 is 1.08 bits per heavy atom. The Balaban J connectivity index is 1.58. The highest BCUT2D eigenvalue weighted by Crippen LogP contribution is 2.30. The van der Waals surface area contributed by atoms with Crippen LogP contribution >= 0.6 is 11.8 Å². The lowest BCUT2D eigenvalue weighted by Gasteiger charge is -2.19. The third-order valence-corrected chi connectivity index (χ3v) is 6.46. The number of rotatable bonds is 8. The fourth-order valence-electron chi connectivity index (χ4n) is 3.48. The van der Waals surface area contributed by atoms with Crippen LogP contribution in [-0.2, 0) is 10.2 Å². The molecule has 0 atom stereocenters. The predicted molar refractivity (Wildman–Crippen MR) is 142 cm³/mol. The van der Waals surface area contributed by atoms with Gasteiger partial charge in [-0.05, 0) is 54.3 Å². The topological polar surface area (TPSA) is 94.5 Å². The average Bonchev–Trinajstić information content (AvgIpc) is 3.56. The van der Waals surface area contributed by atoms with E-state index >= 15 is 0 Å². The first-order chi connectivity index (χ1) is 17.3. The standard InChI is InChI=1S/C27H29N5O3S/c1-18(23-7-6-16-35-23)28-29-24(33)17-36-26-31-30-25(19-8-10-20(11-9-19)27(2,3)4)32(26)21-12-14-22(34-5)15-13-21/h6-16H,17H2,1-5H3,(H,29,33)/b28-18-. The van der Waals surface area contributed by atoms with Crippen LogP contribution in [0.1, 0.15) is 39.0 Å². The van der Waals surface area contributed by atoms with E-state index in [0.717, 1.165) is 17.0 Å². The van der Waals surface area contributed by atoms with E-state index in [-0.39, 0.29) is 17.1 Å². The molecular weight excluding hydrogens is 474 g/mol. The highest BCUT2D eigenvalue weighted by atomic mass is 32.2. The molecule has 1 N–H and O–H groups in total. The second-order valence-electron chi connectivity index (χ2n) is 9.17. The molecule has 0 unspecified atom stereocenters. The molecule has 1 amide bonds. The zero-order valence-corrected chi connectivity index (χ0v) is 21.8. The zero-order chi connectivity index (χ0) is 25.7. The molecule has 2 heterocycles. The predicted octanol–water partition coefficient (Wildman–Crippen LogP) is 5.47. The number of nitrogens with zero attached hydrogens (tertiary/aromatic N) is 4. The van der Waals surface area contributed by atoms with Crippen LogP contribution in [0.4, 0.5) is 0 Å². The van der Waals surface area contributed by atoms with Gasteiger partial charge in [-0.25, -0.2) is 5.43 Å². The third-order valence-electron chi connectivity index (χ3n) is 5.53. The molecule has 0 aliphatic carbocycles. The van der Waals surface area contributed by atoms with E-state index in [1.807, 2.05) is 28.8 Å². The second kappa shape index (κ2) is 10.8. The fourth-order valence-corrected chi connectivity index (χ4v) is 4.23.